The van der Waals surface area contributed by atoms with Crippen LogP contribution in [0.4, 0.5) is 11.4 Å². The van der Waals surface area contributed by atoms with Gasteiger partial charge in [0.05, 0.1) is 23.1 Å². The van der Waals surface area contributed by atoms with Gasteiger partial charge in [0.1, 0.15) is 0 Å². The summed E-state index contributed by atoms with van der Waals surface area (Å²) >= 11 is 0. The summed E-state index contributed by atoms with van der Waals surface area (Å²) in [7, 11) is 0. The quantitative estimate of drug-likeness (QED) is 0.618. The summed E-state index contributed by atoms with van der Waals surface area (Å²) in [4.78, 5) is 41.0. The van der Waals surface area contributed by atoms with E-state index in [2.05, 4.69) is 11.4 Å². The molecule has 2 aliphatic carbocycles. The smallest absolute Gasteiger partial charge is 0.257 e. The topological polar surface area (TPSA) is 66.5 Å². The molecule has 3 amide bonds. The van der Waals surface area contributed by atoms with Crippen molar-refractivity contribution in [2.75, 3.05) is 10.2 Å². The van der Waals surface area contributed by atoms with Crippen LogP contribution in [0.15, 0.2) is 54.1 Å². The van der Waals surface area contributed by atoms with Gasteiger partial charge in [0.2, 0.25) is 11.8 Å². The number of carbonyl (C=O) groups excluding carboxylic acids is 3. The number of allylic oxidation sites excluding steroid dienone is 2. The van der Waals surface area contributed by atoms with E-state index in [-0.39, 0.29) is 41.4 Å². The molecule has 0 spiro atoms. The van der Waals surface area contributed by atoms with Crippen molar-refractivity contribution in [1.82, 2.24) is 0 Å². The molecule has 4 atom stereocenters. The van der Waals surface area contributed by atoms with Gasteiger partial charge in [0, 0.05) is 5.69 Å². The van der Waals surface area contributed by atoms with Gasteiger partial charge in [0.15, 0.2) is 0 Å². The molecule has 1 N–H and O–H groups in total. The average Bonchev–Trinajstić information content (AvgIpc) is 3.36. The molecule has 152 valence electrons. The summed E-state index contributed by atoms with van der Waals surface area (Å²) in [5.74, 6) is -0.960. The standard InChI is InChI=1S/C25H24N2O3/c1-13-7-6-9-19(15(13)3)26-23(28)17-8-4-5-10-20(17)27-24(29)21-16-11-14(2)18(12-16)22(21)25(27)30/h4-11,16,18,21-22H,12H2,1-3H3,(H,26,28)/t16-,18+,21+,22-/m0/s1. The Morgan fingerprint density at radius 3 is 2.50 bits per heavy atom. The van der Waals surface area contributed by atoms with Gasteiger partial charge in [-0.05, 0) is 68.4 Å². The van der Waals surface area contributed by atoms with Crippen molar-refractivity contribution in [3.05, 3.63) is 70.8 Å². The highest BCUT2D eigenvalue weighted by atomic mass is 16.2. The first-order valence-electron chi connectivity index (χ1n) is 10.4. The van der Waals surface area contributed by atoms with Crippen LogP contribution in [-0.2, 0) is 9.59 Å². The summed E-state index contributed by atoms with van der Waals surface area (Å²) in [5, 5.41) is 2.95. The highest BCUT2D eigenvalue weighted by molar-refractivity contribution is 6.25. The van der Waals surface area contributed by atoms with E-state index < -0.39 is 0 Å². The van der Waals surface area contributed by atoms with E-state index in [4.69, 9.17) is 0 Å². The summed E-state index contributed by atoms with van der Waals surface area (Å²) in [5.41, 5.74) is 4.72. The number of para-hydroxylation sites is 1. The Hall–Kier alpha value is -3.21. The molecule has 5 rings (SSSR count). The van der Waals surface area contributed by atoms with Gasteiger partial charge >= 0.3 is 0 Å². The fraction of sp³-hybridized carbons (Fsp3) is 0.320. The maximum Gasteiger partial charge on any atom is 0.257 e. The van der Waals surface area contributed by atoms with Crippen LogP contribution >= 0.6 is 0 Å². The zero-order valence-corrected chi connectivity index (χ0v) is 17.3. The lowest BCUT2D eigenvalue weighted by molar-refractivity contribution is -0.123. The molecular formula is C25H24N2O3. The summed E-state index contributed by atoms with van der Waals surface area (Å²) in [6.45, 7) is 5.99. The number of carbonyl (C=O) groups is 3. The number of imide groups is 1. The van der Waals surface area contributed by atoms with Crippen LogP contribution in [0.5, 0.6) is 0 Å². The molecule has 3 aliphatic rings. The second-order valence-electron chi connectivity index (χ2n) is 8.70. The first-order chi connectivity index (χ1) is 14.4. The third kappa shape index (κ3) is 2.58. The van der Waals surface area contributed by atoms with Gasteiger partial charge in [-0.3, -0.25) is 14.4 Å². The first-order valence-corrected chi connectivity index (χ1v) is 10.4. The predicted octanol–water partition coefficient (Wildman–Crippen LogP) is 4.26. The molecular weight excluding hydrogens is 376 g/mol. The van der Waals surface area contributed by atoms with Crippen molar-refractivity contribution in [2.24, 2.45) is 23.7 Å². The number of anilines is 2. The second-order valence-corrected chi connectivity index (χ2v) is 8.70. The van der Waals surface area contributed by atoms with Crippen LogP contribution in [-0.4, -0.2) is 17.7 Å². The van der Waals surface area contributed by atoms with Crippen molar-refractivity contribution in [3.63, 3.8) is 0 Å². The molecule has 2 bridgehead atoms. The molecule has 0 aromatic heterocycles. The van der Waals surface area contributed by atoms with Gasteiger partial charge in [-0.1, -0.05) is 35.9 Å². The summed E-state index contributed by atoms with van der Waals surface area (Å²) in [6, 6.07) is 12.6. The molecule has 1 heterocycles. The van der Waals surface area contributed by atoms with Crippen LogP contribution in [0.2, 0.25) is 0 Å². The number of hydrogen-bond acceptors (Lipinski definition) is 3. The summed E-state index contributed by atoms with van der Waals surface area (Å²) in [6.07, 6.45) is 3.04. The van der Waals surface area contributed by atoms with Gasteiger partial charge in [-0.15, -0.1) is 0 Å². The Morgan fingerprint density at radius 2 is 1.70 bits per heavy atom. The second kappa shape index (κ2) is 6.66. The van der Waals surface area contributed by atoms with Crippen molar-refractivity contribution >= 4 is 29.1 Å². The molecule has 0 unspecified atom stereocenters. The van der Waals surface area contributed by atoms with Crippen molar-refractivity contribution in [3.8, 4) is 0 Å². The number of rotatable bonds is 3. The van der Waals surface area contributed by atoms with Crippen LogP contribution in [0.25, 0.3) is 0 Å². The zero-order chi connectivity index (χ0) is 21.2. The van der Waals surface area contributed by atoms with Crippen LogP contribution in [0, 0.1) is 37.5 Å². The molecule has 0 radical (unpaired) electrons. The Kier molecular flexibility index (Phi) is 4.17. The molecule has 2 fully saturated rings. The largest absolute Gasteiger partial charge is 0.322 e. The number of benzene rings is 2. The Labute approximate surface area is 175 Å². The van der Waals surface area contributed by atoms with Gasteiger partial charge in [0.25, 0.3) is 5.91 Å². The van der Waals surface area contributed by atoms with Crippen LogP contribution in [0.1, 0.15) is 34.8 Å². The molecule has 30 heavy (non-hydrogen) atoms. The lowest BCUT2D eigenvalue weighted by atomic mass is 9.82. The highest BCUT2D eigenvalue weighted by Gasteiger charge is 2.61. The van der Waals surface area contributed by atoms with Crippen LogP contribution < -0.4 is 10.2 Å². The maximum absolute atomic E-state index is 13.3. The fourth-order valence-corrected chi connectivity index (χ4v) is 5.45. The van der Waals surface area contributed by atoms with E-state index in [1.807, 2.05) is 39.0 Å². The highest BCUT2D eigenvalue weighted by Crippen LogP contribution is 2.56. The number of nitrogens with zero attached hydrogens (tertiary/aromatic N) is 1. The molecule has 5 nitrogen and oxygen atoms in total. The fourth-order valence-electron chi connectivity index (χ4n) is 5.45. The molecule has 2 aromatic carbocycles. The number of aryl methyl sites for hydroxylation is 1. The minimum atomic E-state index is -0.325. The lowest BCUT2D eigenvalue weighted by Gasteiger charge is -2.21. The maximum atomic E-state index is 13.3. The predicted molar refractivity (Wildman–Crippen MR) is 115 cm³/mol. The monoisotopic (exact) mass is 400 g/mol. The molecule has 1 aliphatic heterocycles. The van der Waals surface area contributed by atoms with E-state index in [0.717, 1.165) is 23.2 Å². The molecule has 1 saturated heterocycles. The third-order valence-corrected chi connectivity index (χ3v) is 7.12. The average molecular weight is 400 g/mol. The lowest BCUT2D eigenvalue weighted by Crippen LogP contribution is -2.34. The normalized spacial score (nSPS) is 26.8. The van der Waals surface area contributed by atoms with Gasteiger partial charge in [-0.2, -0.15) is 0 Å². The number of amides is 3. The minimum absolute atomic E-state index is 0.136. The summed E-state index contributed by atoms with van der Waals surface area (Å²) < 4.78 is 0. The van der Waals surface area contributed by atoms with Crippen LogP contribution in [0.3, 0.4) is 0 Å². The molecule has 5 heteroatoms. The Morgan fingerprint density at radius 1 is 0.967 bits per heavy atom. The first kappa shape index (κ1) is 18.8. The molecule has 2 aromatic rings. The van der Waals surface area contributed by atoms with Crippen molar-refractivity contribution in [2.45, 2.75) is 27.2 Å². The Bertz CT molecular complexity index is 1130. The Balaban J connectivity index is 1.49. The van der Waals surface area contributed by atoms with E-state index in [1.54, 1.807) is 24.3 Å². The van der Waals surface area contributed by atoms with E-state index in [1.165, 1.54) is 10.5 Å². The van der Waals surface area contributed by atoms with E-state index >= 15 is 0 Å². The zero-order valence-electron chi connectivity index (χ0n) is 17.3. The van der Waals surface area contributed by atoms with Gasteiger partial charge in [-0.25, -0.2) is 4.90 Å². The number of fused-ring (bicyclic) bond motifs is 5. The van der Waals surface area contributed by atoms with E-state index in [9.17, 15) is 14.4 Å². The third-order valence-electron chi connectivity index (χ3n) is 7.12. The van der Waals surface area contributed by atoms with Crippen molar-refractivity contribution in [1.29, 1.82) is 0 Å². The number of nitrogens with one attached hydrogen (secondary N) is 1. The SMILES string of the molecule is CC1=C[C@H]2C[C@H]1[C@@H]1C(=O)N(c3ccccc3C(=O)Nc3cccc(C)c3C)C(=O)[C@@H]12. The van der Waals surface area contributed by atoms with Gasteiger partial charge < -0.3 is 5.32 Å². The number of hydrogen-bond donors (Lipinski definition) is 1. The van der Waals surface area contributed by atoms with E-state index in [0.29, 0.717) is 11.3 Å². The van der Waals surface area contributed by atoms with Crippen molar-refractivity contribution < 1.29 is 14.4 Å². The minimum Gasteiger partial charge on any atom is -0.322 e. The molecule has 1 saturated carbocycles.